The van der Waals surface area contributed by atoms with E-state index in [1.165, 1.54) is 12.1 Å². The van der Waals surface area contributed by atoms with Crippen molar-refractivity contribution in [2.24, 2.45) is 4.99 Å². The quantitative estimate of drug-likeness (QED) is 0.298. The molecule has 2 atom stereocenters. The summed E-state index contributed by atoms with van der Waals surface area (Å²) in [5.41, 5.74) is 0. The minimum absolute atomic E-state index is 0. The average molecular weight is 521 g/mol. The molecule has 1 saturated heterocycles. The molecule has 1 heterocycles. The number of benzene rings is 1. The molecule has 0 radical (unpaired) electrons. The molecular weight excluding hydrogens is 484 g/mol. The monoisotopic (exact) mass is 521 g/mol. The largest absolute Gasteiger partial charge is 0.489 e. The summed E-state index contributed by atoms with van der Waals surface area (Å²) in [7, 11) is 0. The Hall–Kier alpha value is -1.13. The van der Waals surface area contributed by atoms with Crippen LogP contribution in [0.25, 0.3) is 0 Å². The van der Waals surface area contributed by atoms with Crippen LogP contribution < -0.4 is 15.4 Å². The van der Waals surface area contributed by atoms with Crippen LogP contribution in [0.3, 0.4) is 0 Å². The minimum Gasteiger partial charge on any atom is -0.489 e. The van der Waals surface area contributed by atoms with Gasteiger partial charge in [0.1, 0.15) is 17.7 Å². The fourth-order valence-corrected chi connectivity index (χ4v) is 3.26. The van der Waals surface area contributed by atoms with Gasteiger partial charge in [-0.25, -0.2) is 4.39 Å². The van der Waals surface area contributed by atoms with Gasteiger partial charge < -0.3 is 20.3 Å². The van der Waals surface area contributed by atoms with Crippen LogP contribution in [0, 0.1) is 5.82 Å². The number of hydrogen-bond acceptors (Lipinski definition) is 4. The Balaban J connectivity index is 0.00000420. The van der Waals surface area contributed by atoms with Crippen LogP contribution in [-0.4, -0.2) is 80.3 Å². The van der Waals surface area contributed by atoms with E-state index < -0.39 is 0 Å². The van der Waals surface area contributed by atoms with Crippen LogP contribution in [0.4, 0.5) is 4.39 Å². The number of piperazine rings is 1. The van der Waals surface area contributed by atoms with Crippen LogP contribution in [0.5, 0.6) is 5.75 Å². The SMILES string of the molecule is CCNC(=NCC(C)N1CCN(CC)CC1)NCC(C)Oc1cccc(F)c1.I. The molecule has 6 nitrogen and oxygen atoms in total. The third-order valence-corrected chi connectivity index (χ3v) is 5.03. The topological polar surface area (TPSA) is 52.1 Å². The Labute approximate surface area is 192 Å². The molecule has 166 valence electrons. The molecule has 2 unspecified atom stereocenters. The number of likely N-dealkylation sites (N-methyl/N-ethyl adjacent to an activating group) is 1. The molecule has 2 N–H and O–H groups in total. The minimum atomic E-state index is -0.290. The normalized spacial score (nSPS) is 17.9. The summed E-state index contributed by atoms with van der Waals surface area (Å²) in [5, 5.41) is 6.61. The first-order valence-electron chi connectivity index (χ1n) is 10.4. The maximum absolute atomic E-state index is 13.3. The number of aliphatic imine (C=N–C) groups is 1. The van der Waals surface area contributed by atoms with E-state index >= 15 is 0 Å². The zero-order chi connectivity index (χ0) is 20.4. The second-order valence-electron chi connectivity index (χ2n) is 7.31. The lowest BCUT2D eigenvalue weighted by atomic mass is 10.2. The summed E-state index contributed by atoms with van der Waals surface area (Å²) >= 11 is 0. The van der Waals surface area contributed by atoms with E-state index in [0.29, 0.717) is 18.3 Å². The zero-order valence-electron chi connectivity index (χ0n) is 18.2. The first-order chi connectivity index (χ1) is 13.5. The summed E-state index contributed by atoms with van der Waals surface area (Å²) < 4.78 is 19.0. The van der Waals surface area contributed by atoms with Crippen molar-refractivity contribution in [3.8, 4) is 5.75 Å². The average Bonchev–Trinajstić information content (AvgIpc) is 2.70. The van der Waals surface area contributed by atoms with Crippen molar-refractivity contribution in [2.45, 2.75) is 39.8 Å². The molecule has 1 aliphatic rings. The van der Waals surface area contributed by atoms with Gasteiger partial charge in [-0.1, -0.05) is 13.0 Å². The molecule has 0 saturated carbocycles. The molecule has 1 aromatic carbocycles. The fourth-order valence-electron chi connectivity index (χ4n) is 3.26. The number of rotatable bonds is 9. The maximum atomic E-state index is 13.3. The first-order valence-corrected chi connectivity index (χ1v) is 10.4. The molecule has 29 heavy (non-hydrogen) atoms. The van der Waals surface area contributed by atoms with Crippen LogP contribution in [0.15, 0.2) is 29.3 Å². The van der Waals surface area contributed by atoms with Gasteiger partial charge in [-0.05, 0) is 39.4 Å². The molecule has 1 aliphatic heterocycles. The number of hydrogen-bond donors (Lipinski definition) is 2. The highest BCUT2D eigenvalue weighted by Gasteiger charge is 2.20. The third kappa shape index (κ3) is 9.48. The molecule has 0 spiro atoms. The number of nitrogens with one attached hydrogen (secondary N) is 2. The zero-order valence-corrected chi connectivity index (χ0v) is 20.5. The fraction of sp³-hybridized carbons (Fsp3) is 0.667. The second kappa shape index (κ2) is 14.0. The highest BCUT2D eigenvalue weighted by molar-refractivity contribution is 14.0. The lowest BCUT2D eigenvalue weighted by Gasteiger charge is -2.37. The van der Waals surface area contributed by atoms with Gasteiger partial charge in [-0.3, -0.25) is 9.89 Å². The van der Waals surface area contributed by atoms with Crippen molar-refractivity contribution in [3.05, 3.63) is 30.1 Å². The number of ether oxygens (including phenoxy) is 1. The smallest absolute Gasteiger partial charge is 0.191 e. The van der Waals surface area contributed by atoms with Gasteiger partial charge in [0.2, 0.25) is 0 Å². The Bertz CT molecular complexity index is 610. The summed E-state index contributed by atoms with van der Waals surface area (Å²) in [6.45, 7) is 16.2. The summed E-state index contributed by atoms with van der Waals surface area (Å²) in [4.78, 5) is 9.74. The van der Waals surface area contributed by atoms with E-state index in [9.17, 15) is 4.39 Å². The predicted molar refractivity (Wildman–Crippen MR) is 129 cm³/mol. The molecule has 0 aromatic heterocycles. The number of halogens is 2. The van der Waals surface area contributed by atoms with Crippen LogP contribution in [0.2, 0.25) is 0 Å². The van der Waals surface area contributed by atoms with E-state index in [1.807, 2.05) is 6.92 Å². The van der Waals surface area contributed by atoms with Crippen LogP contribution in [0.1, 0.15) is 27.7 Å². The standard InChI is InChI=1S/C21H36FN5O.HI/c1-5-23-21(24-15-17(3)27-12-10-26(6-2)11-13-27)25-16-18(4)28-20-9-7-8-19(22)14-20;/h7-9,14,17-18H,5-6,10-13,15-16H2,1-4H3,(H2,23,24,25);1H. The molecule has 2 rings (SSSR count). The van der Waals surface area contributed by atoms with E-state index in [1.54, 1.807) is 12.1 Å². The van der Waals surface area contributed by atoms with Crippen molar-refractivity contribution >= 4 is 29.9 Å². The molecule has 1 fully saturated rings. The molecule has 0 amide bonds. The van der Waals surface area contributed by atoms with Gasteiger partial charge in [-0.2, -0.15) is 0 Å². The number of guanidine groups is 1. The molecule has 0 aliphatic carbocycles. The van der Waals surface area contributed by atoms with Gasteiger partial charge in [0.05, 0.1) is 13.1 Å². The Morgan fingerprint density at radius 1 is 1.17 bits per heavy atom. The van der Waals surface area contributed by atoms with E-state index in [0.717, 1.165) is 51.8 Å². The highest BCUT2D eigenvalue weighted by Crippen LogP contribution is 2.13. The third-order valence-electron chi connectivity index (χ3n) is 5.03. The summed E-state index contributed by atoms with van der Waals surface area (Å²) in [6.07, 6.45) is -0.106. The molecule has 1 aromatic rings. The summed E-state index contributed by atoms with van der Waals surface area (Å²) in [6, 6.07) is 6.64. The van der Waals surface area contributed by atoms with Crippen LogP contribution in [-0.2, 0) is 0 Å². The van der Waals surface area contributed by atoms with Crippen molar-refractivity contribution in [3.63, 3.8) is 0 Å². The van der Waals surface area contributed by atoms with Crippen LogP contribution >= 0.6 is 24.0 Å². The predicted octanol–water partition coefficient (Wildman–Crippen LogP) is 2.79. The van der Waals surface area contributed by atoms with E-state index in [4.69, 9.17) is 9.73 Å². The Morgan fingerprint density at radius 2 is 1.90 bits per heavy atom. The summed E-state index contributed by atoms with van der Waals surface area (Å²) in [5.74, 6) is 1.04. The van der Waals surface area contributed by atoms with Gasteiger partial charge in [0.25, 0.3) is 0 Å². The lowest BCUT2D eigenvalue weighted by molar-refractivity contribution is 0.109. The molecule has 0 bridgehead atoms. The van der Waals surface area contributed by atoms with Gasteiger partial charge in [0.15, 0.2) is 5.96 Å². The van der Waals surface area contributed by atoms with Gasteiger partial charge in [-0.15, -0.1) is 24.0 Å². The molecule has 8 heteroatoms. The second-order valence-corrected chi connectivity index (χ2v) is 7.31. The highest BCUT2D eigenvalue weighted by atomic mass is 127. The van der Waals surface area contributed by atoms with Gasteiger partial charge >= 0.3 is 0 Å². The maximum Gasteiger partial charge on any atom is 0.191 e. The lowest BCUT2D eigenvalue weighted by Crippen LogP contribution is -2.50. The van der Waals surface area contributed by atoms with Crippen molar-refractivity contribution in [1.29, 1.82) is 0 Å². The van der Waals surface area contributed by atoms with Crippen molar-refractivity contribution < 1.29 is 9.13 Å². The van der Waals surface area contributed by atoms with Crippen molar-refractivity contribution in [1.82, 2.24) is 20.4 Å². The first kappa shape index (κ1) is 25.9. The Morgan fingerprint density at radius 3 is 2.52 bits per heavy atom. The number of nitrogens with zero attached hydrogens (tertiary/aromatic N) is 3. The van der Waals surface area contributed by atoms with E-state index in [-0.39, 0.29) is 35.9 Å². The molecular formula is C21H37FIN5O. The van der Waals surface area contributed by atoms with Gasteiger partial charge in [0, 0.05) is 44.8 Å². The van der Waals surface area contributed by atoms with Crippen molar-refractivity contribution in [2.75, 3.05) is 52.4 Å². The van der Waals surface area contributed by atoms with E-state index in [2.05, 4.69) is 41.2 Å². The Kier molecular flexibility index (Phi) is 12.5.